The predicted octanol–water partition coefficient (Wildman–Crippen LogP) is 10.6. The summed E-state index contributed by atoms with van der Waals surface area (Å²) in [6, 6.07) is 15.9. The van der Waals surface area contributed by atoms with Crippen LogP contribution in [0.15, 0.2) is 179 Å². The van der Waals surface area contributed by atoms with Gasteiger partial charge in [-0.25, -0.2) is 0 Å². The van der Waals surface area contributed by atoms with Gasteiger partial charge in [-0.3, -0.25) is 0 Å². The minimum absolute atomic E-state index is 0.315. The summed E-state index contributed by atoms with van der Waals surface area (Å²) in [5.41, 5.74) is 10.7. The predicted molar refractivity (Wildman–Crippen MR) is 209 cm³/mol. The number of nitrogens with zero attached hydrogens (tertiary/aromatic N) is 1. The lowest BCUT2D eigenvalue weighted by molar-refractivity contribution is 0.428. The second kappa shape index (κ2) is 12.2. The van der Waals surface area contributed by atoms with Gasteiger partial charge in [0, 0.05) is 46.0 Å². The second-order valence-electron chi connectivity index (χ2n) is 14.8. The Balaban J connectivity index is 1.01. The van der Waals surface area contributed by atoms with Crippen molar-refractivity contribution in [1.29, 1.82) is 0 Å². The Morgan fingerprint density at radius 1 is 0.700 bits per heavy atom. The molecule has 0 N–H and O–H groups in total. The van der Waals surface area contributed by atoms with Crippen LogP contribution in [0.1, 0.15) is 49.1 Å². The van der Waals surface area contributed by atoms with Crippen molar-refractivity contribution in [2.45, 2.75) is 44.6 Å². The summed E-state index contributed by atoms with van der Waals surface area (Å²) < 4.78 is 6.70. The molecule has 6 aliphatic carbocycles. The molecule has 2 aromatic carbocycles. The highest BCUT2D eigenvalue weighted by atomic mass is 28.3. The van der Waals surface area contributed by atoms with Crippen LogP contribution in [0.25, 0.3) is 5.57 Å². The van der Waals surface area contributed by atoms with E-state index in [9.17, 15) is 0 Å². The standard InChI is InChI=1S/C47H42NOSi/c1-50-44-27-25-39(30-42(44)46-45(50)28-26-41-40-13-7-8-14-43(40)49-47(41)46)48(37-21-17-33(18-22-37)31-9-3-2-4-10-31)38-23-19-34(20-24-38)36-16-15-32-11-5-6-12-35(32)29-36/h2-9,11-14,16-17,19,21-25,27-34,41H,10,15,18,20,26H2,1H3. The number of anilines is 1. The van der Waals surface area contributed by atoms with E-state index in [1.54, 1.807) is 0 Å². The van der Waals surface area contributed by atoms with Gasteiger partial charge in [0.05, 0.1) is 0 Å². The Bertz CT molecular complexity index is 2170. The highest BCUT2D eigenvalue weighted by Crippen LogP contribution is 2.52. The number of ether oxygens (including phenoxy) is 1. The molecule has 50 heavy (non-hydrogen) atoms. The Hall–Kier alpha value is -4.86. The summed E-state index contributed by atoms with van der Waals surface area (Å²) in [6.45, 7) is 2.47. The van der Waals surface area contributed by atoms with E-state index in [1.165, 1.54) is 61.1 Å². The Morgan fingerprint density at radius 2 is 1.52 bits per heavy atom. The zero-order valence-corrected chi connectivity index (χ0v) is 29.6. The maximum absolute atomic E-state index is 6.70. The molecule has 1 radical (unpaired) electrons. The van der Waals surface area contributed by atoms with Crippen LogP contribution in [-0.4, -0.2) is 8.80 Å². The highest BCUT2D eigenvalue weighted by molar-refractivity contribution is 6.84. The largest absolute Gasteiger partial charge is 0.460 e. The van der Waals surface area contributed by atoms with Crippen LogP contribution in [0.5, 0.6) is 5.75 Å². The molecule has 0 fully saturated rings. The monoisotopic (exact) mass is 664 g/mol. The summed E-state index contributed by atoms with van der Waals surface area (Å²) in [5, 5.41) is 3.04. The van der Waals surface area contributed by atoms with Crippen molar-refractivity contribution in [3.8, 4) is 5.75 Å². The van der Waals surface area contributed by atoms with E-state index >= 15 is 0 Å². The molecule has 245 valence electrons. The molecule has 0 spiro atoms. The number of para-hydroxylation sites is 1. The maximum Gasteiger partial charge on any atom is 0.130 e. The first-order valence-corrected chi connectivity index (χ1v) is 20.6. The van der Waals surface area contributed by atoms with E-state index in [4.69, 9.17) is 4.74 Å². The van der Waals surface area contributed by atoms with Crippen LogP contribution < -0.4 is 14.8 Å². The number of hydrogen-bond donors (Lipinski definition) is 0. The van der Waals surface area contributed by atoms with Crippen molar-refractivity contribution in [3.63, 3.8) is 0 Å². The molecule has 10 rings (SSSR count). The fraction of sp³-hybridized carbons (Fsp3) is 0.234. The molecule has 5 unspecified atom stereocenters. The van der Waals surface area contributed by atoms with E-state index in [1.807, 2.05) is 0 Å². The Kier molecular flexibility index (Phi) is 7.30. The van der Waals surface area contributed by atoms with Crippen molar-refractivity contribution in [1.82, 2.24) is 0 Å². The molecule has 2 aromatic rings. The topological polar surface area (TPSA) is 12.5 Å². The van der Waals surface area contributed by atoms with E-state index in [2.05, 4.69) is 157 Å². The smallest absolute Gasteiger partial charge is 0.130 e. The zero-order chi connectivity index (χ0) is 33.2. The number of rotatable bonds is 5. The van der Waals surface area contributed by atoms with Gasteiger partial charge in [-0.15, -0.1) is 0 Å². The molecule has 3 heteroatoms. The molecule has 0 saturated heterocycles. The van der Waals surface area contributed by atoms with Gasteiger partial charge in [-0.05, 0) is 101 Å². The van der Waals surface area contributed by atoms with Crippen LogP contribution >= 0.6 is 0 Å². The summed E-state index contributed by atoms with van der Waals surface area (Å²) in [6.07, 6.45) is 45.5. The zero-order valence-electron chi connectivity index (χ0n) is 28.6. The van der Waals surface area contributed by atoms with E-state index in [0.29, 0.717) is 29.6 Å². The number of fused-ring (bicyclic) bond motifs is 7. The molecular weight excluding hydrogens is 623 g/mol. The molecule has 2 heterocycles. The van der Waals surface area contributed by atoms with Crippen molar-refractivity contribution in [2.24, 2.45) is 23.7 Å². The van der Waals surface area contributed by atoms with Gasteiger partial charge in [0.25, 0.3) is 0 Å². The van der Waals surface area contributed by atoms with Gasteiger partial charge in [-0.2, -0.15) is 0 Å². The normalized spacial score (nSPS) is 28.4. The SMILES string of the molecule is C[Si]1C2=CCC3C(=C2c2cc(N(C4=CCC(C5=CCC6C=CC=CC6=C5)C=C4)C4=CCC(C5C=CC=CC5)C=C4)ccc21)Oc1ccccc13. The molecule has 5 atom stereocenters. The van der Waals surface area contributed by atoms with Gasteiger partial charge < -0.3 is 9.64 Å². The molecule has 2 aliphatic heterocycles. The fourth-order valence-electron chi connectivity index (χ4n) is 9.33. The van der Waals surface area contributed by atoms with Gasteiger partial charge in [0.15, 0.2) is 0 Å². The van der Waals surface area contributed by atoms with Gasteiger partial charge in [0.1, 0.15) is 20.3 Å². The highest BCUT2D eigenvalue weighted by Gasteiger charge is 2.42. The van der Waals surface area contributed by atoms with Gasteiger partial charge >= 0.3 is 0 Å². The van der Waals surface area contributed by atoms with E-state index in [0.717, 1.165) is 37.9 Å². The third-order valence-electron chi connectivity index (χ3n) is 12.1. The fourth-order valence-corrected chi connectivity index (χ4v) is 11.6. The molecule has 0 aromatic heterocycles. The summed E-state index contributed by atoms with van der Waals surface area (Å²) in [4.78, 5) is 2.52. The lowest BCUT2D eigenvalue weighted by atomic mass is 9.80. The van der Waals surface area contributed by atoms with Crippen molar-refractivity contribution in [2.75, 3.05) is 4.90 Å². The first-order valence-electron chi connectivity index (χ1n) is 18.6. The molecule has 0 saturated carbocycles. The second-order valence-corrected chi connectivity index (χ2v) is 17.2. The number of benzene rings is 2. The van der Waals surface area contributed by atoms with Crippen LogP contribution in [0.3, 0.4) is 0 Å². The minimum Gasteiger partial charge on any atom is -0.460 e. The van der Waals surface area contributed by atoms with Crippen LogP contribution in [-0.2, 0) is 0 Å². The molecular formula is C47H42NOSi. The minimum atomic E-state index is -0.859. The summed E-state index contributed by atoms with van der Waals surface area (Å²) >= 11 is 0. The quantitative estimate of drug-likeness (QED) is 0.295. The number of allylic oxidation sites excluding steroid dienone is 22. The average Bonchev–Trinajstić information content (AvgIpc) is 3.70. The first-order chi connectivity index (χ1) is 24.7. The molecule has 0 amide bonds. The lowest BCUT2D eigenvalue weighted by Crippen LogP contribution is -2.27. The summed E-state index contributed by atoms with van der Waals surface area (Å²) in [5.74, 6) is 4.56. The van der Waals surface area contributed by atoms with Crippen LogP contribution in [0, 0.1) is 23.7 Å². The molecule has 0 bridgehead atoms. The average molecular weight is 665 g/mol. The van der Waals surface area contributed by atoms with Crippen LogP contribution in [0.2, 0.25) is 6.55 Å². The van der Waals surface area contributed by atoms with Crippen molar-refractivity contribution >= 4 is 25.2 Å². The lowest BCUT2D eigenvalue weighted by Gasteiger charge is -2.33. The maximum atomic E-state index is 6.70. The molecule has 2 nitrogen and oxygen atoms in total. The Labute approximate surface area is 298 Å². The van der Waals surface area contributed by atoms with Crippen LogP contribution in [0.4, 0.5) is 5.69 Å². The first kappa shape index (κ1) is 30.0. The molecule has 8 aliphatic rings. The van der Waals surface area contributed by atoms with Crippen molar-refractivity contribution < 1.29 is 4.74 Å². The third kappa shape index (κ3) is 4.97. The summed E-state index contributed by atoms with van der Waals surface area (Å²) in [7, 11) is -0.859. The van der Waals surface area contributed by atoms with E-state index < -0.39 is 8.80 Å². The third-order valence-corrected chi connectivity index (χ3v) is 14.6. The van der Waals surface area contributed by atoms with Crippen molar-refractivity contribution in [3.05, 3.63) is 190 Å². The van der Waals surface area contributed by atoms with E-state index in [-0.39, 0.29) is 0 Å². The number of hydrogen-bond acceptors (Lipinski definition) is 2. The Morgan fingerprint density at radius 3 is 2.36 bits per heavy atom. The van der Waals surface area contributed by atoms with Gasteiger partial charge in [0.2, 0.25) is 0 Å². The van der Waals surface area contributed by atoms with Gasteiger partial charge in [-0.1, -0.05) is 122 Å².